The van der Waals surface area contributed by atoms with E-state index in [0.29, 0.717) is 31.7 Å². The molecule has 0 bridgehead atoms. The summed E-state index contributed by atoms with van der Waals surface area (Å²) in [5, 5.41) is 8.29. The predicted molar refractivity (Wildman–Crippen MR) is 157 cm³/mol. The molecule has 1 amide bonds. The lowest BCUT2D eigenvalue weighted by atomic mass is 9.90. The van der Waals surface area contributed by atoms with Crippen LogP contribution >= 0.6 is 11.3 Å². The Bertz CT molecular complexity index is 1070. The second-order valence-corrected chi connectivity index (χ2v) is 18.6. The van der Waals surface area contributed by atoms with Crippen LogP contribution in [0.3, 0.4) is 0 Å². The summed E-state index contributed by atoms with van der Waals surface area (Å²) in [5.74, 6) is 1.34. The van der Waals surface area contributed by atoms with Gasteiger partial charge in [0, 0.05) is 36.5 Å². The zero-order chi connectivity index (χ0) is 26.8. The molecule has 0 radical (unpaired) electrons. The van der Waals surface area contributed by atoms with E-state index in [2.05, 4.69) is 73.5 Å². The number of anilines is 1. The summed E-state index contributed by atoms with van der Waals surface area (Å²) in [5.41, 5.74) is 1.32. The third kappa shape index (κ3) is 6.72. The summed E-state index contributed by atoms with van der Waals surface area (Å²) in [6.07, 6.45) is 9.88. The summed E-state index contributed by atoms with van der Waals surface area (Å²) in [6, 6.07) is 1.12. The Hall–Kier alpha value is -1.55. The quantitative estimate of drug-likeness (QED) is 0.285. The fourth-order valence-corrected chi connectivity index (χ4v) is 7.78. The standard InChI is InChI=1S/C28H47N5O2SSi/c1-28(2,3)37(6,7)35-16-8-15-29-23(34)17-19-9-14-22-24(19)25-26(30-18-31-27(25)36-22)32-20-10-12-21(13-11-20)33(4)5/h18-21H,8-17H2,1-7H3,(H,29,34)(H,30,31,32)/t19?,20-,21-. The van der Waals surface area contributed by atoms with Crippen molar-refractivity contribution in [3.05, 3.63) is 16.8 Å². The molecule has 4 rings (SSSR count). The first-order valence-corrected chi connectivity index (χ1v) is 17.8. The molecule has 0 aliphatic heterocycles. The predicted octanol–water partition coefficient (Wildman–Crippen LogP) is 5.92. The van der Waals surface area contributed by atoms with E-state index in [1.54, 1.807) is 17.7 Å². The van der Waals surface area contributed by atoms with Gasteiger partial charge in [0.15, 0.2) is 8.32 Å². The molecule has 37 heavy (non-hydrogen) atoms. The molecule has 0 aromatic carbocycles. The lowest BCUT2D eigenvalue weighted by Gasteiger charge is -2.36. The molecule has 2 aliphatic rings. The highest BCUT2D eigenvalue weighted by atomic mass is 32.1. The van der Waals surface area contributed by atoms with E-state index in [1.165, 1.54) is 23.3 Å². The average molecular weight is 546 g/mol. The minimum atomic E-state index is -1.73. The number of aryl methyl sites for hydroxylation is 1. The van der Waals surface area contributed by atoms with E-state index in [-0.39, 0.29) is 16.9 Å². The first-order valence-electron chi connectivity index (χ1n) is 14.1. The number of hydrogen-bond donors (Lipinski definition) is 2. The minimum Gasteiger partial charge on any atom is -0.417 e. The fraction of sp³-hybridized carbons (Fsp3) is 0.750. The van der Waals surface area contributed by atoms with Crippen molar-refractivity contribution in [1.82, 2.24) is 20.2 Å². The van der Waals surface area contributed by atoms with Gasteiger partial charge in [0.1, 0.15) is 17.0 Å². The van der Waals surface area contributed by atoms with Crippen molar-refractivity contribution < 1.29 is 9.22 Å². The molecule has 7 nitrogen and oxygen atoms in total. The van der Waals surface area contributed by atoms with Crippen LogP contribution in [0.2, 0.25) is 18.1 Å². The molecule has 0 spiro atoms. The first kappa shape index (κ1) is 28.5. The molecule has 206 valence electrons. The Kier molecular flexibility index (Phi) is 8.98. The van der Waals surface area contributed by atoms with Gasteiger partial charge in [-0.05, 0) is 88.7 Å². The van der Waals surface area contributed by atoms with E-state index in [4.69, 9.17) is 4.43 Å². The van der Waals surface area contributed by atoms with Crippen LogP contribution in [0.5, 0.6) is 0 Å². The van der Waals surface area contributed by atoms with Gasteiger partial charge in [-0.1, -0.05) is 20.8 Å². The van der Waals surface area contributed by atoms with Crippen LogP contribution in [0.4, 0.5) is 5.82 Å². The second kappa shape index (κ2) is 11.7. The van der Waals surface area contributed by atoms with E-state index in [1.807, 2.05) is 0 Å². The molecule has 1 saturated carbocycles. The Morgan fingerprint density at radius 2 is 1.89 bits per heavy atom. The lowest BCUT2D eigenvalue weighted by Crippen LogP contribution is -2.41. The summed E-state index contributed by atoms with van der Waals surface area (Å²) in [7, 11) is 2.63. The van der Waals surface area contributed by atoms with Crippen molar-refractivity contribution in [2.75, 3.05) is 32.6 Å². The van der Waals surface area contributed by atoms with Crippen LogP contribution in [0, 0.1) is 0 Å². The van der Waals surface area contributed by atoms with Gasteiger partial charge in [0.2, 0.25) is 5.91 Å². The molecular formula is C28H47N5O2SSi. The highest BCUT2D eigenvalue weighted by Crippen LogP contribution is 2.47. The number of carbonyl (C=O) groups is 1. The summed E-state index contributed by atoms with van der Waals surface area (Å²) < 4.78 is 6.25. The Balaban J connectivity index is 1.34. The Morgan fingerprint density at radius 1 is 1.16 bits per heavy atom. The van der Waals surface area contributed by atoms with E-state index >= 15 is 0 Å². The minimum absolute atomic E-state index is 0.137. The van der Waals surface area contributed by atoms with Gasteiger partial charge in [-0.25, -0.2) is 9.97 Å². The Labute approximate surface area is 228 Å². The molecular weight excluding hydrogens is 498 g/mol. The molecule has 2 aromatic heterocycles. The number of carbonyl (C=O) groups excluding carboxylic acids is 1. The molecule has 2 aliphatic carbocycles. The van der Waals surface area contributed by atoms with Gasteiger partial charge in [0.25, 0.3) is 0 Å². The number of fused-ring (bicyclic) bond motifs is 3. The van der Waals surface area contributed by atoms with Crippen LogP contribution in [-0.2, 0) is 15.6 Å². The molecule has 0 saturated heterocycles. The van der Waals surface area contributed by atoms with Gasteiger partial charge >= 0.3 is 0 Å². The molecule has 2 N–H and O–H groups in total. The summed E-state index contributed by atoms with van der Waals surface area (Å²) in [6.45, 7) is 12.7. The number of thiophene rings is 1. The number of amides is 1. The highest BCUT2D eigenvalue weighted by molar-refractivity contribution is 7.19. The molecule has 1 atom stereocenters. The largest absolute Gasteiger partial charge is 0.417 e. The van der Waals surface area contributed by atoms with Gasteiger partial charge in [-0.3, -0.25) is 4.79 Å². The second-order valence-electron chi connectivity index (χ2n) is 12.7. The lowest BCUT2D eigenvalue weighted by molar-refractivity contribution is -0.121. The van der Waals surface area contributed by atoms with Crippen LogP contribution in [-0.4, -0.2) is 68.4 Å². The van der Waals surface area contributed by atoms with E-state index < -0.39 is 8.32 Å². The summed E-state index contributed by atoms with van der Waals surface area (Å²) in [4.78, 5) is 27.0. The molecule has 1 fully saturated rings. The topological polar surface area (TPSA) is 79.4 Å². The van der Waals surface area contributed by atoms with Crippen LogP contribution < -0.4 is 10.6 Å². The average Bonchev–Trinajstić information content (AvgIpc) is 3.38. The van der Waals surface area contributed by atoms with Crippen LogP contribution in [0.25, 0.3) is 10.2 Å². The third-order valence-electron chi connectivity index (χ3n) is 8.84. The number of nitrogens with zero attached hydrogens (tertiary/aromatic N) is 3. The monoisotopic (exact) mass is 545 g/mol. The van der Waals surface area contributed by atoms with Gasteiger partial charge in [-0.15, -0.1) is 11.3 Å². The molecule has 2 aromatic rings. The zero-order valence-corrected chi connectivity index (χ0v) is 25.8. The van der Waals surface area contributed by atoms with Crippen molar-refractivity contribution in [2.45, 2.75) is 108 Å². The number of nitrogens with one attached hydrogen (secondary N) is 2. The van der Waals surface area contributed by atoms with E-state index in [0.717, 1.165) is 48.1 Å². The van der Waals surface area contributed by atoms with Crippen molar-refractivity contribution in [2.24, 2.45) is 0 Å². The maximum Gasteiger partial charge on any atom is 0.220 e. The van der Waals surface area contributed by atoms with Crippen LogP contribution in [0.1, 0.15) is 82.1 Å². The zero-order valence-electron chi connectivity index (χ0n) is 23.9. The number of hydrogen-bond acceptors (Lipinski definition) is 7. The third-order valence-corrected chi connectivity index (χ3v) is 14.6. The SMILES string of the molecule is CN(C)[C@H]1CC[C@H](Nc2ncnc3sc4c(c23)C(CC(=O)NCCCO[Si](C)(C)C(C)(C)C)CC4)CC1. The fourth-order valence-electron chi connectivity index (χ4n) is 5.45. The van der Waals surface area contributed by atoms with E-state index in [9.17, 15) is 4.79 Å². The van der Waals surface area contributed by atoms with Crippen molar-refractivity contribution in [3.8, 4) is 0 Å². The van der Waals surface area contributed by atoms with Gasteiger partial charge in [-0.2, -0.15) is 0 Å². The van der Waals surface area contributed by atoms with Crippen molar-refractivity contribution in [1.29, 1.82) is 0 Å². The number of rotatable bonds is 10. The van der Waals surface area contributed by atoms with Crippen molar-refractivity contribution >= 4 is 41.6 Å². The maximum atomic E-state index is 12.9. The molecule has 9 heteroatoms. The van der Waals surface area contributed by atoms with Crippen LogP contribution in [0.15, 0.2) is 6.33 Å². The molecule has 2 heterocycles. The molecule has 1 unspecified atom stereocenters. The first-order chi connectivity index (χ1) is 17.5. The van der Waals surface area contributed by atoms with Gasteiger partial charge in [0.05, 0.1) is 5.39 Å². The Morgan fingerprint density at radius 3 is 2.57 bits per heavy atom. The van der Waals surface area contributed by atoms with Gasteiger partial charge < -0.3 is 20.0 Å². The smallest absolute Gasteiger partial charge is 0.220 e. The highest BCUT2D eigenvalue weighted by Gasteiger charge is 2.37. The summed E-state index contributed by atoms with van der Waals surface area (Å²) >= 11 is 1.78. The van der Waals surface area contributed by atoms with Crippen molar-refractivity contribution in [3.63, 3.8) is 0 Å². The maximum absolute atomic E-state index is 12.9. The normalized spacial score (nSPS) is 22.4. The number of aromatic nitrogens is 2.